The summed E-state index contributed by atoms with van der Waals surface area (Å²) < 4.78 is 0. The van der Waals surface area contributed by atoms with Gasteiger partial charge in [-0.15, -0.1) is 0 Å². The molecule has 1 amide bonds. The summed E-state index contributed by atoms with van der Waals surface area (Å²) in [6.45, 7) is 0. The third kappa shape index (κ3) is 2.60. The summed E-state index contributed by atoms with van der Waals surface area (Å²) in [7, 11) is 0. The van der Waals surface area contributed by atoms with E-state index in [0.29, 0.717) is 11.3 Å². The van der Waals surface area contributed by atoms with Crippen LogP contribution in [-0.2, 0) is 4.79 Å². The van der Waals surface area contributed by atoms with Gasteiger partial charge in [-0.25, -0.2) is 0 Å². The molecule has 2 saturated carbocycles. The first-order valence-electron chi connectivity index (χ1n) is 6.45. The predicted molar refractivity (Wildman–Crippen MR) is 69.6 cm³/mol. The molecule has 2 atom stereocenters. The first kappa shape index (κ1) is 12.8. The molecule has 0 heterocycles. The number of carbonyl (C=O) groups excluding carboxylic acids is 1. The Morgan fingerprint density at radius 3 is 2.65 bits per heavy atom. The molecular weight excluding hydrogens is 232 g/mol. The van der Waals surface area contributed by atoms with Crippen molar-refractivity contribution in [2.45, 2.75) is 56.2 Å². The lowest BCUT2D eigenvalue weighted by Gasteiger charge is -2.22. The molecule has 2 unspecified atom stereocenters. The number of hydrogen-bond donors (Lipinski definition) is 1. The molecular formula is C13H20N2OS. The van der Waals surface area contributed by atoms with Crippen LogP contribution < -0.4 is 5.32 Å². The Morgan fingerprint density at radius 1 is 1.41 bits per heavy atom. The maximum atomic E-state index is 12.2. The minimum absolute atomic E-state index is 0.00995. The normalized spacial score (nSPS) is 31.1. The molecule has 0 aliphatic heterocycles. The van der Waals surface area contributed by atoms with Gasteiger partial charge in [0.2, 0.25) is 5.91 Å². The Kier molecular flexibility index (Phi) is 3.98. The van der Waals surface area contributed by atoms with Crippen molar-refractivity contribution in [3.63, 3.8) is 0 Å². The largest absolute Gasteiger partial charge is 0.352 e. The summed E-state index contributed by atoms with van der Waals surface area (Å²) in [5, 5.41) is 13.0. The Hall–Kier alpha value is -0.690. The number of nitriles is 1. The highest BCUT2D eigenvalue weighted by atomic mass is 32.2. The highest BCUT2D eigenvalue weighted by Gasteiger charge is 2.42. The molecule has 0 aromatic heterocycles. The second kappa shape index (κ2) is 5.30. The molecule has 1 N–H and O–H groups in total. The zero-order valence-electron chi connectivity index (χ0n) is 10.4. The van der Waals surface area contributed by atoms with Crippen LogP contribution in [-0.4, -0.2) is 23.5 Å². The number of rotatable bonds is 3. The lowest BCUT2D eigenvalue weighted by molar-refractivity contribution is -0.128. The van der Waals surface area contributed by atoms with Crippen molar-refractivity contribution in [1.82, 2.24) is 5.32 Å². The van der Waals surface area contributed by atoms with Crippen molar-refractivity contribution in [3.05, 3.63) is 0 Å². The van der Waals surface area contributed by atoms with Gasteiger partial charge < -0.3 is 5.32 Å². The molecule has 94 valence electrons. The van der Waals surface area contributed by atoms with E-state index in [1.807, 2.05) is 11.8 Å². The van der Waals surface area contributed by atoms with Crippen molar-refractivity contribution in [3.8, 4) is 6.07 Å². The van der Waals surface area contributed by atoms with E-state index in [-0.39, 0.29) is 5.91 Å². The Labute approximate surface area is 107 Å². The second-order valence-electron chi connectivity index (χ2n) is 5.24. The highest BCUT2D eigenvalue weighted by molar-refractivity contribution is 7.99. The van der Waals surface area contributed by atoms with Gasteiger partial charge in [-0.3, -0.25) is 4.79 Å². The fraction of sp³-hybridized carbons (Fsp3) is 0.846. The zero-order valence-corrected chi connectivity index (χ0v) is 11.2. The Balaban J connectivity index is 1.91. The number of nitrogens with one attached hydrogen (secondary N) is 1. The van der Waals surface area contributed by atoms with Gasteiger partial charge in [0.1, 0.15) is 5.41 Å². The summed E-state index contributed by atoms with van der Waals surface area (Å²) in [6, 6.07) is 2.56. The van der Waals surface area contributed by atoms with Gasteiger partial charge in [0.15, 0.2) is 0 Å². The smallest absolute Gasteiger partial charge is 0.240 e. The van der Waals surface area contributed by atoms with Gasteiger partial charge in [0.25, 0.3) is 0 Å². The first-order chi connectivity index (χ1) is 8.20. The number of hydrogen-bond acceptors (Lipinski definition) is 3. The molecule has 0 aromatic rings. The SMILES string of the molecule is CSC1CCC(NC(=O)C2(C#N)CCCC2)C1. The van der Waals surface area contributed by atoms with Crippen LogP contribution in [0.2, 0.25) is 0 Å². The van der Waals surface area contributed by atoms with Gasteiger partial charge >= 0.3 is 0 Å². The molecule has 0 bridgehead atoms. The van der Waals surface area contributed by atoms with Crippen molar-refractivity contribution >= 4 is 17.7 Å². The van der Waals surface area contributed by atoms with Crippen LogP contribution in [0.3, 0.4) is 0 Å². The monoisotopic (exact) mass is 252 g/mol. The van der Waals surface area contributed by atoms with Crippen LogP contribution in [0.1, 0.15) is 44.9 Å². The van der Waals surface area contributed by atoms with Crippen molar-refractivity contribution < 1.29 is 4.79 Å². The molecule has 2 fully saturated rings. The van der Waals surface area contributed by atoms with Crippen molar-refractivity contribution in [2.75, 3.05) is 6.26 Å². The van der Waals surface area contributed by atoms with Crippen LogP contribution in [0.25, 0.3) is 0 Å². The first-order valence-corrected chi connectivity index (χ1v) is 7.74. The van der Waals surface area contributed by atoms with Gasteiger partial charge in [0.05, 0.1) is 6.07 Å². The van der Waals surface area contributed by atoms with Crippen LogP contribution in [0.15, 0.2) is 0 Å². The third-order valence-corrected chi connectivity index (χ3v) is 5.25. The fourth-order valence-corrected chi connectivity index (χ4v) is 3.77. The Morgan fingerprint density at radius 2 is 2.12 bits per heavy atom. The minimum Gasteiger partial charge on any atom is -0.352 e. The molecule has 0 aromatic carbocycles. The summed E-state index contributed by atoms with van der Waals surface area (Å²) >= 11 is 1.88. The van der Waals surface area contributed by atoms with E-state index in [2.05, 4.69) is 17.6 Å². The summed E-state index contributed by atoms with van der Waals surface area (Å²) in [5.74, 6) is -0.00995. The molecule has 2 aliphatic rings. The maximum Gasteiger partial charge on any atom is 0.240 e. The predicted octanol–water partition coefficient (Wildman–Crippen LogP) is 2.47. The average Bonchev–Trinajstić information content (AvgIpc) is 2.97. The Bertz CT molecular complexity index is 331. The molecule has 2 aliphatic carbocycles. The van der Waals surface area contributed by atoms with E-state index >= 15 is 0 Å². The third-order valence-electron chi connectivity index (χ3n) is 4.16. The number of amides is 1. The van der Waals surface area contributed by atoms with E-state index in [9.17, 15) is 10.1 Å². The average molecular weight is 252 g/mol. The van der Waals surface area contributed by atoms with E-state index < -0.39 is 5.41 Å². The van der Waals surface area contributed by atoms with Gasteiger partial charge in [-0.1, -0.05) is 12.8 Å². The molecule has 0 saturated heterocycles. The summed E-state index contributed by atoms with van der Waals surface area (Å²) in [4.78, 5) is 12.2. The topological polar surface area (TPSA) is 52.9 Å². The number of thioether (sulfide) groups is 1. The zero-order chi connectivity index (χ0) is 12.3. The van der Waals surface area contributed by atoms with Gasteiger partial charge in [-0.05, 0) is 38.4 Å². The molecule has 0 spiro atoms. The van der Waals surface area contributed by atoms with Crippen LogP contribution in [0.5, 0.6) is 0 Å². The van der Waals surface area contributed by atoms with Crippen molar-refractivity contribution in [2.24, 2.45) is 5.41 Å². The lowest BCUT2D eigenvalue weighted by atomic mass is 9.86. The molecule has 2 rings (SSSR count). The van der Waals surface area contributed by atoms with E-state index in [1.54, 1.807) is 0 Å². The highest BCUT2D eigenvalue weighted by Crippen LogP contribution is 2.38. The minimum atomic E-state index is -0.711. The number of carbonyl (C=O) groups is 1. The fourth-order valence-electron chi connectivity index (χ4n) is 2.98. The summed E-state index contributed by atoms with van der Waals surface area (Å²) in [6.07, 6.45) is 8.96. The van der Waals surface area contributed by atoms with E-state index in [0.717, 1.165) is 38.5 Å². The standard InChI is InChI=1S/C13H20N2OS/c1-17-11-5-4-10(8-11)15-12(16)13(9-14)6-2-3-7-13/h10-11H,2-8H2,1H3,(H,15,16). The number of nitrogens with zero attached hydrogens (tertiary/aromatic N) is 1. The summed E-state index contributed by atoms with van der Waals surface area (Å²) in [5.41, 5.74) is -0.711. The van der Waals surface area contributed by atoms with Crippen LogP contribution in [0.4, 0.5) is 0 Å². The van der Waals surface area contributed by atoms with E-state index in [4.69, 9.17) is 0 Å². The van der Waals surface area contributed by atoms with Gasteiger partial charge in [0, 0.05) is 11.3 Å². The van der Waals surface area contributed by atoms with Crippen LogP contribution in [0, 0.1) is 16.7 Å². The van der Waals surface area contributed by atoms with Crippen LogP contribution >= 0.6 is 11.8 Å². The lowest BCUT2D eigenvalue weighted by Crippen LogP contribution is -2.43. The molecule has 17 heavy (non-hydrogen) atoms. The maximum absolute atomic E-state index is 12.2. The van der Waals surface area contributed by atoms with Crippen molar-refractivity contribution in [1.29, 1.82) is 5.26 Å². The molecule has 0 radical (unpaired) electrons. The quantitative estimate of drug-likeness (QED) is 0.839. The second-order valence-corrected chi connectivity index (χ2v) is 6.38. The molecule has 4 heteroatoms. The van der Waals surface area contributed by atoms with Gasteiger partial charge in [-0.2, -0.15) is 17.0 Å². The van der Waals surface area contributed by atoms with E-state index in [1.165, 1.54) is 6.42 Å². The molecule has 3 nitrogen and oxygen atoms in total.